The first kappa shape index (κ1) is 15.0. The molecule has 2 heterocycles. The summed E-state index contributed by atoms with van der Waals surface area (Å²) in [6.45, 7) is 2.90. The van der Waals surface area contributed by atoms with Crippen molar-refractivity contribution in [2.24, 2.45) is 0 Å². The van der Waals surface area contributed by atoms with Crippen LogP contribution in [0.2, 0.25) is 0 Å². The minimum atomic E-state index is 0.0925. The lowest BCUT2D eigenvalue weighted by molar-refractivity contribution is 0.767. The van der Waals surface area contributed by atoms with Crippen molar-refractivity contribution in [1.29, 1.82) is 0 Å². The Morgan fingerprint density at radius 3 is 2.67 bits per heavy atom. The third-order valence-corrected chi connectivity index (χ3v) is 4.89. The van der Waals surface area contributed by atoms with Crippen LogP contribution >= 0.6 is 0 Å². The lowest BCUT2D eigenvalue weighted by Gasteiger charge is -2.15. The van der Waals surface area contributed by atoms with Crippen LogP contribution in [-0.2, 0) is 19.4 Å². The van der Waals surface area contributed by atoms with Gasteiger partial charge in [-0.3, -0.25) is 4.79 Å². The molecule has 1 N–H and O–H groups in total. The number of rotatable bonds is 3. The molecule has 1 aliphatic carbocycles. The lowest BCUT2D eigenvalue weighted by atomic mass is 9.96. The van der Waals surface area contributed by atoms with E-state index >= 15 is 0 Å². The van der Waals surface area contributed by atoms with Gasteiger partial charge >= 0.3 is 0 Å². The molecule has 1 aromatic carbocycles. The van der Waals surface area contributed by atoms with Gasteiger partial charge in [-0.1, -0.05) is 24.3 Å². The topological polar surface area (TPSA) is 46.9 Å². The van der Waals surface area contributed by atoms with E-state index in [9.17, 15) is 4.79 Å². The van der Waals surface area contributed by atoms with E-state index in [-0.39, 0.29) is 5.43 Å². The summed E-state index contributed by atoms with van der Waals surface area (Å²) in [5.41, 5.74) is 4.57. The van der Waals surface area contributed by atoms with Crippen LogP contribution < -0.4 is 16.2 Å². The number of fused-ring (bicyclic) bond motifs is 2. The molecule has 0 radical (unpaired) electrons. The zero-order valence-electron chi connectivity index (χ0n) is 14.0. The summed E-state index contributed by atoms with van der Waals surface area (Å²) < 4.78 is 2.08. The molecule has 2 aromatic heterocycles. The van der Waals surface area contributed by atoms with Crippen molar-refractivity contribution in [3.63, 3.8) is 0 Å². The number of nitrogens with one attached hydrogen (secondary N) is 1. The molecule has 4 nitrogen and oxygen atoms in total. The third kappa shape index (κ3) is 2.50. The minimum Gasteiger partial charge on any atom is -0.367 e. The lowest BCUT2D eigenvalue weighted by Crippen LogP contribution is -2.28. The van der Waals surface area contributed by atoms with Crippen molar-refractivity contribution < 1.29 is 0 Å². The predicted molar refractivity (Wildman–Crippen MR) is 101 cm³/mol. The van der Waals surface area contributed by atoms with Gasteiger partial charge < -0.3 is 9.88 Å². The second-order valence-corrected chi connectivity index (χ2v) is 6.53. The number of pyridine rings is 2. The predicted octanol–water partition coefficient (Wildman–Crippen LogP) is 1.25. The summed E-state index contributed by atoms with van der Waals surface area (Å²) in [5, 5.41) is 4.25. The average molecular weight is 317 g/mol. The first-order valence-corrected chi connectivity index (χ1v) is 8.49. The fourth-order valence-corrected chi connectivity index (χ4v) is 3.64. The number of aromatic nitrogens is 2. The molecular weight excluding hydrogens is 297 g/mol. The highest BCUT2D eigenvalue weighted by Crippen LogP contribution is 2.24. The largest absolute Gasteiger partial charge is 0.367 e. The van der Waals surface area contributed by atoms with E-state index in [4.69, 9.17) is 0 Å². The number of benzene rings is 1. The Morgan fingerprint density at radius 1 is 1.29 bits per heavy atom. The maximum Gasteiger partial charge on any atom is 0.183 e. The van der Waals surface area contributed by atoms with Crippen LogP contribution in [-0.4, -0.2) is 23.4 Å². The van der Waals surface area contributed by atoms with Gasteiger partial charge in [0.25, 0.3) is 0 Å². The van der Waals surface area contributed by atoms with E-state index in [0.717, 1.165) is 41.6 Å². The van der Waals surface area contributed by atoms with Gasteiger partial charge in [-0.05, 0) is 42.4 Å². The van der Waals surface area contributed by atoms with Gasteiger partial charge in [0.1, 0.15) is 13.7 Å². The maximum atomic E-state index is 12.5. The van der Waals surface area contributed by atoms with Gasteiger partial charge in [-0.2, -0.15) is 0 Å². The SMILES string of the molecule is Bc1cn(CC)c2cnc(NC3Cc4ccccc4C3)cc2c1=O. The summed E-state index contributed by atoms with van der Waals surface area (Å²) in [6, 6.07) is 10.8. The molecule has 0 saturated carbocycles. The molecule has 0 aliphatic heterocycles. The molecule has 120 valence electrons. The molecule has 24 heavy (non-hydrogen) atoms. The molecule has 0 spiro atoms. The molecule has 1 aliphatic rings. The summed E-state index contributed by atoms with van der Waals surface area (Å²) in [4.78, 5) is 17.0. The summed E-state index contributed by atoms with van der Waals surface area (Å²) in [7, 11) is 1.87. The number of hydrogen-bond donors (Lipinski definition) is 1. The monoisotopic (exact) mass is 317 g/mol. The molecule has 0 bridgehead atoms. The molecule has 0 amide bonds. The van der Waals surface area contributed by atoms with Crippen molar-refractivity contribution in [2.45, 2.75) is 32.4 Å². The number of nitrogens with zero attached hydrogens (tertiary/aromatic N) is 2. The molecule has 0 fully saturated rings. The quantitative estimate of drug-likeness (QED) is 0.740. The highest BCUT2D eigenvalue weighted by Gasteiger charge is 2.21. The number of hydrogen-bond acceptors (Lipinski definition) is 3. The van der Waals surface area contributed by atoms with Gasteiger partial charge in [-0.15, -0.1) is 0 Å². The zero-order chi connectivity index (χ0) is 16.7. The Balaban J connectivity index is 1.67. The number of aryl methyl sites for hydroxylation is 1. The van der Waals surface area contributed by atoms with Crippen molar-refractivity contribution in [3.8, 4) is 0 Å². The normalized spacial score (nSPS) is 14.0. The molecular formula is C19H20BN3O. The van der Waals surface area contributed by atoms with Crippen LogP contribution in [0.15, 0.2) is 47.5 Å². The summed E-state index contributed by atoms with van der Waals surface area (Å²) >= 11 is 0. The van der Waals surface area contributed by atoms with Crippen molar-refractivity contribution >= 4 is 30.0 Å². The molecule has 0 unspecified atom stereocenters. The smallest absolute Gasteiger partial charge is 0.183 e. The van der Waals surface area contributed by atoms with Crippen molar-refractivity contribution in [3.05, 3.63) is 64.1 Å². The zero-order valence-corrected chi connectivity index (χ0v) is 14.0. The van der Waals surface area contributed by atoms with Crippen LogP contribution in [0.4, 0.5) is 5.82 Å². The molecule has 4 rings (SSSR count). The van der Waals surface area contributed by atoms with Crippen LogP contribution in [0.25, 0.3) is 10.9 Å². The fourth-order valence-electron chi connectivity index (χ4n) is 3.64. The van der Waals surface area contributed by atoms with E-state index in [1.807, 2.05) is 26.3 Å². The Bertz CT molecular complexity index is 955. The maximum absolute atomic E-state index is 12.5. The van der Waals surface area contributed by atoms with E-state index in [1.54, 1.807) is 0 Å². The van der Waals surface area contributed by atoms with Crippen LogP contribution in [0.1, 0.15) is 18.1 Å². The van der Waals surface area contributed by atoms with E-state index < -0.39 is 0 Å². The number of anilines is 1. The summed E-state index contributed by atoms with van der Waals surface area (Å²) in [6.07, 6.45) is 5.73. The average Bonchev–Trinajstić information content (AvgIpc) is 3.00. The molecule has 5 heteroatoms. The Kier molecular flexibility index (Phi) is 3.64. The second kappa shape index (κ2) is 5.82. The molecule has 0 saturated heterocycles. The fraction of sp³-hybridized carbons (Fsp3) is 0.263. The highest BCUT2D eigenvalue weighted by atomic mass is 16.1. The molecule has 0 atom stereocenters. The van der Waals surface area contributed by atoms with Gasteiger partial charge in [0.05, 0.1) is 17.1 Å². The first-order valence-electron chi connectivity index (χ1n) is 8.49. The van der Waals surface area contributed by atoms with Crippen LogP contribution in [0, 0.1) is 0 Å². The minimum absolute atomic E-state index is 0.0925. The Labute approximate surface area is 142 Å². The second-order valence-electron chi connectivity index (χ2n) is 6.53. The van der Waals surface area contributed by atoms with Gasteiger partial charge in [0.2, 0.25) is 0 Å². The van der Waals surface area contributed by atoms with Crippen molar-refractivity contribution in [2.75, 3.05) is 5.32 Å². The summed E-state index contributed by atoms with van der Waals surface area (Å²) in [5.74, 6) is 0.783. The molecule has 3 aromatic rings. The van der Waals surface area contributed by atoms with Gasteiger partial charge in [0, 0.05) is 18.8 Å². The Hall–Kier alpha value is -2.56. The van der Waals surface area contributed by atoms with Crippen LogP contribution in [0.5, 0.6) is 0 Å². The third-order valence-electron chi connectivity index (χ3n) is 4.89. The van der Waals surface area contributed by atoms with Gasteiger partial charge in [0.15, 0.2) is 5.43 Å². The van der Waals surface area contributed by atoms with Crippen molar-refractivity contribution in [1.82, 2.24) is 9.55 Å². The van der Waals surface area contributed by atoms with E-state index in [2.05, 4.69) is 46.1 Å². The highest BCUT2D eigenvalue weighted by molar-refractivity contribution is 6.32. The first-order chi connectivity index (χ1) is 11.7. The Morgan fingerprint density at radius 2 is 2.00 bits per heavy atom. The van der Waals surface area contributed by atoms with Gasteiger partial charge in [-0.25, -0.2) is 4.98 Å². The van der Waals surface area contributed by atoms with Crippen LogP contribution in [0.3, 0.4) is 0 Å². The van der Waals surface area contributed by atoms with E-state index in [0.29, 0.717) is 6.04 Å². The van der Waals surface area contributed by atoms with E-state index in [1.165, 1.54) is 11.1 Å². The standard InChI is InChI=1S/C19H20BN3O/c1-2-23-11-16(20)19(24)15-9-18(21-10-17(15)23)22-14-7-12-5-3-4-6-13(12)8-14/h3-6,9-11,14H,2,7-8,20H2,1H3,(H,21,22).